The second kappa shape index (κ2) is 43.4. The van der Waals surface area contributed by atoms with Crippen LogP contribution in [-0.2, 0) is 57.0 Å². The van der Waals surface area contributed by atoms with Crippen molar-refractivity contribution in [2.24, 2.45) is 4.99 Å². The van der Waals surface area contributed by atoms with Gasteiger partial charge in [0.1, 0.15) is 34.5 Å². The molecular weight excluding hydrogens is 1570 g/mol. The number of non-ortho nitro benzene ring substituents is 6. The number of amides is 1. The van der Waals surface area contributed by atoms with Gasteiger partial charge in [0.25, 0.3) is 34.1 Å². The number of phenolic OH excluding ortho intramolecular Hbond substituents is 5. The molecule has 0 fully saturated rings. The highest BCUT2D eigenvalue weighted by Gasteiger charge is 2.41. The van der Waals surface area contributed by atoms with E-state index in [2.05, 4.69) is 47.5 Å². The molecule has 0 aliphatic rings. The van der Waals surface area contributed by atoms with E-state index in [4.69, 9.17) is 31.3 Å². The number of nitrogens with zero attached hydrogens (tertiary/aromatic N) is 7. The van der Waals surface area contributed by atoms with E-state index in [9.17, 15) is 95.8 Å². The Kier molecular flexibility index (Phi) is 37.8. The third kappa shape index (κ3) is 27.0. The molecular formula is C61H76I2N8O26Si2. The predicted molar refractivity (Wildman–Crippen MR) is 380 cm³/mol. The average Bonchev–Trinajstić information content (AvgIpc) is 0.806. The lowest BCUT2D eigenvalue weighted by molar-refractivity contribution is -0.385. The van der Waals surface area contributed by atoms with Crippen LogP contribution in [0.2, 0.25) is 12.1 Å². The van der Waals surface area contributed by atoms with Crippen LogP contribution in [0.3, 0.4) is 0 Å². The number of hydrogen-bond acceptors (Lipinski definition) is 27. The molecule has 1 amide bonds. The van der Waals surface area contributed by atoms with Gasteiger partial charge < -0.3 is 62.1 Å². The van der Waals surface area contributed by atoms with Gasteiger partial charge in [0.05, 0.1) is 36.1 Å². The summed E-state index contributed by atoms with van der Waals surface area (Å²) in [6.07, 6.45) is 0.576. The van der Waals surface area contributed by atoms with Crippen molar-refractivity contribution in [3.63, 3.8) is 0 Å². The summed E-state index contributed by atoms with van der Waals surface area (Å²) >= 11 is 4.24. The van der Waals surface area contributed by atoms with Crippen LogP contribution in [0.1, 0.15) is 106 Å². The van der Waals surface area contributed by atoms with Crippen LogP contribution in [0.4, 0.5) is 38.9 Å². The number of aliphatic imine (C=N–C) groups is 1. The fourth-order valence-electron chi connectivity index (χ4n) is 9.51. The molecule has 538 valence electrons. The number of hydrogen-bond donors (Lipinski definition) is 6. The first-order valence-corrected chi connectivity index (χ1v) is 39.9. The van der Waals surface area contributed by atoms with Crippen molar-refractivity contribution in [1.29, 1.82) is 0 Å². The maximum atomic E-state index is 12.8. The summed E-state index contributed by atoms with van der Waals surface area (Å²) in [6.45, 7) is 14.7. The van der Waals surface area contributed by atoms with E-state index in [1.807, 2.05) is 41.5 Å². The quantitative estimate of drug-likeness (QED) is 0.00409. The first-order chi connectivity index (χ1) is 46.6. The molecule has 0 aromatic heterocycles. The summed E-state index contributed by atoms with van der Waals surface area (Å²) in [5.74, 6) is -1.93. The highest BCUT2D eigenvalue weighted by atomic mass is 128. The monoisotopic (exact) mass is 1650 g/mol. The minimum atomic E-state index is -2.94. The average molecular weight is 1650 g/mol. The van der Waals surface area contributed by atoms with E-state index < -0.39 is 76.1 Å². The fraction of sp³-hybridized carbons (Fsp3) is 0.377. The Morgan fingerprint density at radius 2 is 0.717 bits per heavy atom. The van der Waals surface area contributed by atoms with Crippen LogP contribution in [0.5, 0.6) is 34.5 Å². The Balaban J connectivity index is 0.000000560. The smallest absolute Gasteiger partial charge is 0.500 e. The van der Waals surface area contributed by atoms with E-state index in [1.165, 1.54) is 12.1 Å². The van der Waals surface area contributed by atoms with Crippen LogP contribution >= 0.6 is 37.2 Å². The number of phenols is 5. The van der Waals surface area contributed by atoms with Crippen LogP contribution < -0.4 is 10.1 Å². The topological polar surface area (TPSA) is 483 Å². The van der Waals surface area contributed by atoms with Gasteiger partial charge in [0.2, 0.25) is 6.08 Å². The van der Waals surface area contributed by atoms with Gasteiger partial charge in [-0.3, -0.25) is 60.7 Å². The molecule has 6 rings (SSSR count). The molecule has 6 aromatic carbocycles. The second-order valence-corrected chi connectivity index (χ2v) is 25.6. The lowest BCUT2D eigenvalue weighted by Crippen LogP contribution is -2.46. The first kappa shape index (κ1) is 86.1. The van der Waals surface area contributed by atoms with Crippen LogP contribution in [0, 0.1) is 60.7 Å². The first-order valence-electron chi connectivity index (χ1n) is 29.7. The van der Waals surface area contributed by atoms with Crippen LogP contribution in [-0.4, -0.2) is 138 Å². The van der Waals surface area contributed by atoms with Gasteiger partial charge in [0, 0.05) is 238 Å². The van der Waals surface area contributed by atoms with Crippen molar-refractivity contribution in [3.8, 4) is 34.5 Å². The van der Waals surface area contributed by atoms with Crippen LogP contribution in [0.25, 0.3) is 0 Å². The predicted octanol–water partition coefficient (Wildman–Crippen LogP) is 13.4. The summed E-state index contributed by atoms with van der Waals surface area (Å²) in [4.78, 5) is 90.0. The number of nitro groups is 6. The highest BCUT2D eigenvalue weighted by molar-refractivity contribution is 15.0. The van der Waals surface area contributed by atoms with Gasteiger partial charge in [-0.2, -0.15) is 0 Å². The van der Waals surface area contributed by atoms with Crippen LogP contribution in [0.15, 0.2) is 102 Å². The molecule has 0 bridgehead atoms. The van der Waals surface area contributed by atoms with Gasteiger partial charge >= 0.3 is 23.7 Å². The molecule has 0 heterocycles. The van der Waals surface area contributed by atoms with Gasteiger partial charge in [-0.05, 0) is 78.6 Å². The molecule has 0 aliphatic heterocycles. The zero-order chi connectivity index (χ0) is 73.3. The maximum Gasteiger partial charge on any atom is 0.500 e. The molecule has 6 aromatic rings. The number of rotatable bonds is 35. The summed E-state index contributed by atoms with van der Waals surface area (Å²) < 4.78 is 39.8. The van der Waals surface area contributed by atoms with E-state index in [1.54, 1.807) is 0 Å². The number of benzene rings is 6. The summed E-state index contributed by atoms with van der Waals surface area (Å²) in [7, 11) is -5.48. The maximum absolute atomic E-state index is 12.8. The minimum Gasteiger partial charge on any atom is -0.508 e. The molecule has 38 heteroatoms. The molecule has 0 atom stereocenters. The number of carbonyl (C=O) groups excluding carboxylic acids is 2. The van der Waals surface area contributed by atoms with Gasteiger partial charge in [-0.1, -0.05) is 7.43 Å². The molecule has 34 nitrogen and oxygen atoms in total. The molecule has 0 spiro atoms. The van der Waals surface area contributed by atoms with E-state index in [0.717, 1.165) is 97.4 Å². The SMILES string of the molecule is C.CCO[Si](CCCN=C=O)(OCC)OCC.CCO[Si](CCCNC(=O)Oc1ccc([N+](=O)[O-])cc1Cc1cc([N+](=O)[O-])cc(Cc2cc([N+](=O)[O-])ccc2O)c1O)(OCC)OCC.II.O=[N+]([O-])c1ccc(O)c(Cc2cc([N+](=O)[O-])cc(Cc3cc([N+](=O)[O-])ccc3O)c2O)c1. The van der Waals surface area contributed by atoms with Crippen molar-refractivity contribution in [2.75, 3.05) is 52.7 Å². The third-order valence-electron chi connectivity index (χ3n) is 13.7. The highest BCUT2D eigenvalue weighted by Crippen LogP contribution is 2.39. The van der Waals surface area contributed by atoms with E-state index in [-0.39, 0.29) is 130 Å². The minimum absolute atomic E-state index is 0. The Morgan fingerprint density at radius 1 is 0.444 bits per heavy atom. The molecule has 0 unspecified atom stereocenters. The number of carbonyl (C=O) groups is 1. The number of nitro benzene ring substituents is 6. The summed E-state index contributed by atoms with van der Waals surface area (Å²) in [5.41, 5.74) is -2.15. The molecule has 6 N–H and O–H groups in total. The van der Waals surface area contributed by atoms with Gasteiger partial charge in [-0.25, -0.2) is 14.6 Å². The standard InChI is InChI=1S/C30H36N4O13Si.C20H15N3O9.C10H21NO4Si.CH4.I2/c1-4-44-48(45-5-2,46-6-3)13-7-12-31-30(37)47-28-11-9-25(33(40)41)17-21(28)15-23-19-26(34(42)43)18-22(29(23)36)14-20-16-24(32(38)39)8-10-27(20)35;24-18-3-1-15(21(27)28)7-11(18)5-13-9-17(23(31)32)10-14(20(13)26)6-12-8-16(22(29)30)2-4-19(12)25;1-4-13-16(14-5-2,15-6-3)9-7-8-11-10-12;;1-2/h8-11,16-19,35-36H,4-7,12-15H2,1-3H3,(H,31,37);1-4,7-10,24-26H,5-6H2;4-9H2,1-3H3;1H4;. The lowest BCUT2D eigenvalue weighted by atomic mass is 9.95. The molecule has 0 saturated heterocycles. The van der Waals surface area contributed by atoms with Gasteiger partial charge in [-0.15, -0.1) is 0 Å². The van der Waals surface area contributed by atoms with Crippen molar-refractivity contribution >= 4 is 101 Å². The molecule has 99 heavy (non-hydrogen) atoms. The molecule has 0 radical (unpaired) electrons. The van der Waals surface area contributed by atoms with Crippen molar-refractivity contribution in [1.82, 2.24) is 5.32 Å². The number of aromatic hydroxyl groups is 5. The molecule has 0 aliphatic carbocycles. The Labute approximate surface area is 592 Å². The van der Waals surface area contributed by atoms with Gasteiger partial charge in [0.15, 0.2) is 0 Å². The van der Waals surface area contributed by atoms with E-state index in [0.29, 0.717) is 64.7 Å². The Hall–Kier alpha value is -8.98. The normalized spacial score (nSPS) is 10.7. The van der Waals surface area contributed by atoms with Crippen molar-refractivity contribution < 1.29 is 96.0 Å². The number of halogens is 2. The fourth-order valence-corrected chi connectivity index (χ4v) is 14.7. The Morgan fingerprint density at radius 3 is 1.01 bits per heavy atom. The molecule has 0 saturated carbocycles. The third-order valence-corrected chi connectivity index (χ3v) is 20.0. The second-order valence-electron chi connectivity index (χ2n) is 20.2. The number of ether oxygens (including phenoxy) is 1. The zero-order valence-corrected chi connectivity index (χ0v) is 60.1. The zero-order valence-electron chi connectivity index (χ0n) is 53.7. The number of nitrogens with one attached hydrogen (secondary N) is 1. The van der Waals surface area contributed by atoms with E-state index >= 15 is 0 Å². The Bertz CT molecular complexity index is 3680. The lowest BCUT2D eigenvalue weighted by Gasteiger charge is -2.28. The summed E-state index contributed by atoms with van der Waals surface area (Å²) in [6, 6.07) is 18.5. The van der Waals surface area contributed by atoms with Crippen molar-refractivity contribution in [3.05, 3.63) is 202 Å². The largest absolute Gasteiger partial charge is 0.508 e. The summed E-state index contributed by atoms with van der Waals surface area (Å²) in [5, 5.41) is 123. The van der Waals surface area contributed by atoms with Crippen molar-refractivity contribution in [2.45, 2.75) is 99.6 Å². The number of isocyanates is 1.